The Balaban J connectivity index is 1.63. The molecule has 2 aliphatic heterocycles. The molecule has 1 amide bonds. The highest BCUT2D eigenvalue weighted by Crippen LogP contribution is 2.23. The third-order valence-electron chi connectivity index (χ3n) is 5.59. The van der Waals surface area contributed by atoms with Gasteiger partial charge in [-0.05, 0) is 56.6 Å². The number of piperidine rings is 2. The van der Waals surface area contributed by atoms with Gasteiger partial charge in [-0.15, -0.1) is 0 Å². The van der Waals surface area contributed by atoms with Gasteiger partial charge < -0.3 is 15.5 Å². The summed E-state index contributed by atoms with van der Waals surface area (Å²) in [7, 11) is 0. The second-order valence-corrected chi connectivity index (χ2v) is 7.59. The largest absolute Gasteiger partial charge is 0.357 e. The first-order valence-electron chi connectivity index (χ1n) is 9.30. The average Bonchev–Trinajstić information content (AvgIpc) is 2.62. The predicted octanol–water partition coefficient (Wildman–Crippen LogP) is 2.52. The number of anilines is 1. The Morgan fingerprint density at radius 3 is 2.62 bits per heavy atom. The summed E-state index contributed by atoms with van der Waals surface area (Å²) in [5, 5.41) is 0. The van der Waals surface area contributed by atoms with Crippen molar-refractivity contribution in [3.8, 4) is 0 Å². The van der Waals surface area contributed by atoms with Crippen molar-refractivity contribution in [1.29, 1.82) is 0 Å². The molecule has 0 bridgehead atoms. The first-order chi connectivity index (χ1) is 11.5. The number of nitrogens with zero attached hydrogens (tertiary/aromatic N) is 3. The Labute approximate surface area is 145 Å². The Morgan fingerprint density at radius 2 is 2.00 bits per heavy atom. The Bertz CT molecular complexity index is 549. The smallest absolute Gasteiger partial charge is 0.255 e. The van der Waals surface area contributed by atoms with E-state index in [2.05, 4.69) is 16.8 Å². The van der Waals surface area contributed by atoms with Crippen LogP contribution in [0, 0.1) is 11.8 Å². The van der Waals surface area contributed by atoms with E-state index < -0.39 is 0 Å². The summed E-state index contributed by atoms with van der Waals surface area (Å²) in [4.78, 5) is 21.5. The van der Waals surface area contributed by atoms with Crippen LogP contribution in [0.15, 0.2) is 18.3 Å². The van der Waals surface area contributed by atoms with Gasteiger partial charge in [0.15, 0.2) is 0 Å². The molecular weight excluding hydrogens is 300 g/mol. The summed E-state index contributed by atoms with van der Waals surface area (Å²) >= 11 is 0. The number of amides is 1. The fourth-order valence-corrected chi connectivity index (χ4v) is 3.74. The summed E-state index contributed by atoms with van der Waals surface area (Å²) in [5.41, 5.74) is 6.71. The zero-order chi connectivity index (χ0) is 17.1. The van der Waals surface area contributed by atoms with E-state index in [4.69, 9.17) is 5.73 Å². The van der Waals surface area contributed by atoms with E-state index in [1.807, 2.05) is 24.0 Å². The van der Waals surface area contributed by atoms with E-state index in [0.717, 1.165) is 50.8 Å². The number of nitrogens with two attached hydrogens (primary N) is 1. The van der Waals surface area contributed by atoms with Gasteiger partial charge in [0.1, 0.15) is 5.82 Å². The molecule has 2 aliphatic rings. The number of carbonyl (C=O) groups is 1. The zero-order valence-electron chi connectivity index (χ0n) is 14.9. The van der Waals surface area contributed by atoms with Crippen molar-refractivity contribution >= 4 is 11.7 Å². The van der Waals surface area contributed by atoms with Crippen LogP contribution in [0.1, 0.15) is 49.9 Å². The molecule has 1 aromatic rings. The molecule has 132 valence electrons. The molecular formula is C19H30N4O. The number of pyridine rings is 1. The molecule has 3 rings (SSSR count). The number of hydrogen-bond acceptors (Lipinski definition) is 4. The maximum atomic E-state index is 12.7. The fraction of sp³-hybridized carbons (Fsp3) is 0.684. The van der Waals surface area contributed by atoms with Crippen molar-refractivity contribution in [2.75, 3.05) is 31.1 Å². The minimum absolute atomic E-state index is 0.0895. The summed E-state index contributed by atoms with van der Waals surface area (Å²) in [6.07, 6.45) is 6.33. The fourth-order valence-electron chi connectivity index (χ4n) is 3.74. The maximum absolute atomic E-state index is 12.7. The normalized spacial score (nSPS) is 24.0. The third-order valence-corrected chi connectivity index (χ3v) is 5.59. The molecule has 0 spiro atoms. The van der Waals surface area contributed by atoms with Crippen LogP contribution >= 0.6 is 0 Å². The van der Waals surface area contributed by atoms with E-state index in [9.17, 15) is 4.79 Å². The number of aromatic nitrogens is 1. The van der Waals surface area contributed by atoms with Crippen molar-refractivity contribution in [1.82, 2.24) is 9.88 Å². The molecule has 2 atom stereocenters. The monoisotopic (exact) mass is 330 g/mol. The van der Waals surface area contributed by atoms with Gasteiger partial charge in [-0.2, -0.15) is 0 Å². The Kier molecular flexibility index (Phi) is 5.39. The van der Waals surface area contributed by atoms with E-state index in [-0.39, 0.29) is 11.9 Å². The van der Waals surface area contributed by atoms with Crippen molar-refractivity contribution in [2.24, 2.45) is 17.6 Å². The SMILES string of the molecule is CC1CCN(c2ccc(C(=O)N3CCCC(C(C)N)C3)cn2)CC1. The molecule has 0 aliphatic carbocycles. The van der Waals surface area contributed by atoms with Crippen LogP contribution in [-0.2, 0) is 0 Å². The standard InChI is InChI=1S/C19H30N4O/c1-14-7-10-22(11-8-14)18-6-5-16(12-21-18)19(24)23-9-3-4-17(13-23)15(2)20/h5-6,12,14-15,17H,3-4,7-11,13,20H2,1-2H3. The predicted molar refractivity (Wildman–Crippen MR) is 97.1 cm³/mol. The summed E-state index contributed by atoms with van der Waals surface area (Å²) < 4.78 is 0. The quantitative estimate of drug-likeness (QED) is 0.925. The van der Waals surface area contributed by atoms with Crippen LogP contribution in [-0.4, -0.2) is 48.0 Å². The van der Waals surface area contributed by atoms with Gasteiger partial charge in [-0.1, -0.05) is 6.92 Å². The molecule has 2 N–H and O–H groups in total. The van der Waals surface area contributed by atoms with Gasteiger partial charge in [-0.25, -0.2) is 4.98 Å². The van der Waals surface area contributed by atoms with Crippen molar-refractivity contribution in [2.45, 2.75) is 45.6 Å². The van der Waals surface area contributed by atoms with E-state index in [1.54, 1.807) is 6.20 Å². The maximum Gasteiger partial charge on any atom is 0.255 e. The van der Waals surface area contributed by atoms with Crippen LogP contribution in [0.5, 0.6) is 0 Å². The van der Waals surface area contributed by atoms with Crippen LogP contribution in [0.25, 0.3) is 0 Å². The lowest BCUT2D eigenvalue weighted by molar-refractivity contribution is 0.0660. The van der Waals surface area contributed by atoms with Crippen molar-refractivity contribution in [3.05, 3.63) is 23.9 Å². The van der Waals surface area contributed by atoms with Crippen LogP contribution in [0.2, 0.25) is 0 Å². The lowest BCUT2D eigenvalue weighted by Crippen LogP contribution is -2.45. The lowest BCUT2D eigenvalue weighted by Gasteiger charge is -2.34. The summed E-state index contributed by atoms with van der Waals surface area (Å²) in [6.45, 7) is 8.05. The van der Waals surface area contributed by atoms with Crippen LogP contribution < -0.4 is 10.6 Å². The topological polar surface area (TPSA) is 62.5 Å². The van der Waals surface area contributed by atoms with Crippen molar-refractivity contribution in [3.63, 3.8) is 0 Å². The molecule has 2 unspecified atom stereocenters. The molecule has 0 aromatic carbocycles. The Morgan fingerprint density at radius 1 is 1.25 bits per heavy atom. The first kappa shape index (κ1) is 17.2. The Hall–Kier alpha value is -1.62. The molecule has 24 heavy (non-hydrogen) atoms. The van der Waals surface area contributed by atoms with E-state index in [0.29, 0.717) is 11.5 Å². The minimum atomic E-state index is 0.0895. The highest BCUT2D eigenvalue weighted by atomic mass is 16.2. The van der Waals surface area contributed by atoms with Gasteiger partial charge >= 0.3 is 0 Å². The molecule has 5 heteroatoms. The zero-order valence-corrected chi connectivity index (χ0v) is 14.9. The van der Waals surface area contributed by atoms with Gasteiger partial charge in [0.25, 0.3) is 5.91 Å². The van der Waals surface area contributed by atoms with Crippen molar-refractivity contribution < 1.29 is 4.79 Å². The second kappa shape index (κ2) is 7.51. The highest BCUT2D eigenvalue weighted by Gasteiger charge is 2.26. The molecule has 0 saturated carbocycles. The first-order valence-corrected chi connectivity index (χ1v) is 9.30. The summed E-state index contributed by atoms with van der Waals surface area (Å²) in [6, 6.07) is 4.07. The van der Waals surface area contributed by atoms with Gasteiger partial charge in [0, 0.05) is 38.4 Å². The van der Waals surface area contributed by atoms with Gasteiger partial charge in [0.05, 0.1) is 5.56 Å². The second-order valence-electron chi connectivity index (χ2n) is 7.59. The van der Waals surface area contributed by atoms with E-state index in [1.165, 1.54) is 12.8 Å². The molecule has 2 fully saturated rings. The molecule has 3 heterocycles. The number of carbonyl (C=O) groups excluding carboxylic acids is 1. The van der Waals surface area contributed by atoms with Gasteiger partial charge in [-0.3, -0.25) is 4.79 Å². The average molecular weight is 330 g/mol. The number of rotatable bonds is 3. The number of likely N-dealkylation sites (tertiary alicyclic amines) is 1. The van der Waals surface area contributed by atoms with Gasteiger partial charge in [0.2, 0.25) is 0 Å². The minimum Gasteiger partial charge on any atom is -0.357 e. The lowest BCUT2D eigenvalue weighted by atomic mass is 9.92. The van der Waals surface area contributed by atoms with E-state index >= 15 is 0 Å². The third kappa shape index (κ3) is 3.89. The highest BCUT2D eigenvalue weighted by molar-refractivity contribution is 5.94. The van der Waals surface area contributed by atoms with Crippen LogP contribution in [0.3, 0.4) is 0 Å². The molecule has 0 radical (unpaired) electrons. The molecule has 1 aromatic heterocycles. The van der Waals surface area contributed by atoms with Crippen LogP contribution in [0.4, 0.5) is 5.82 Å². The molecule has 5 nitrogen and oxygen atoms in total. The summed E-state index contributed by atoms with van der Waals surface area (Å²) in [5.74, 6) is 2.29. The molecule has 2 saturated heterocycles. The number of hydrogen-bond donors (Lipinski definition) is 1.